The summed E-state index contributed by atoms with van der Waals surface area (Å²) in [6.45, 7) is 0.413. The van der Waals surface area contributed by atoms with E-state index in [0.717, 1.165) is 32.1 Å². The molecular formula is C15H20F3NO2. The lowest BCUT2D eigenvalue weighted by molar-refractivity contribution is -0.274. The topological polar surface area (TPSA) is 41.5 Å². The molecule has 1 aliphatic carbocycles. The van der Waals surface area contributed by atoms with Gasteiger partial charge >= 0.3 is 6.36 Å². The SMILES string of the molecule is OC1CCCCCC1NCc1cccc(OC(F)(F)F)c1. The summed E-state index contributed by atoms with van der Waals surface area (Å²) in [4.78, 5) is 0. The number of rotatable bonds is 4. The van der Waals surface area contributed by atoms with Crippen LogP contribution in [0.1, 0.15) is 37.7 Å². The Balaban J connectivity index is 1.92. The van der Waals surface area contributed by atoms with Crippen LogP contribution in [0.3, 0.4) is 0 Å². The first-order valence-corrected chi connectivity index (χ1v) is 7.20. The van der Waals surface area contributed by atoms with Gasteiger partial charge in [0, 0.05) is 12.6 Å². The van der Waals surface area contributed by atoms with E-state index in [1.165, 1.54) is 18.2 Å². The van der Waals surface area contributed by atoms with Gasteiger partial charge in [0.2, 0.25) is 0 Å². The zero-order valence-electron chi connectivity index (χ0n) is 11.7. The first-order chi connectivity index (χ1) is 9.94. The number of aliphatic hydroxyl groups is 1. The van der Waals surface area contributed by atoms with E-state index in [1.807, 2.05) is 0 Å². The molecule has 0 spiro atoms. The lowest BCUT2D eigenvalue weighted by Crippen LogP contribution is -2.38. The molecule has 0 heterocycles. The summed E-state index contributed by atoms with van der Waals surface area (Å²) < 4.78 is 40.4. The predicted octanol–water partition coefficient (Wildman–Crippen LogP) is 3.37. The van der Waals surface area contributed by atoms with Crippen LogP contribution in [0.25, 0.3) is 0 Å². The smallest absolute Gasteiger partial charge is 0.406 e. The zero-order chi connectivity index (χ0) is 15.3. The summed E-state index contributed by atoms with van der Waals surface area (Å²) in [6, 6.07) is 5.90. The van der Waals surface area contributed by atoms with Gasteiger partial charge in [-0.25, -0.2) is 0 Å². The molecule has 0 aliphatic heterocycles. The van der Waals surface area contributed by atoms with Gasteiger partial charge in [-0.1, -0.05) is 31.4 Å². The second-order valence-electron chi connectivity index (χ2n) is 5.39. The van der Waals surface area contributed by atoms with Crippen molar-refractivity contribution < 1.29 is 23.0 Å². The zero-order valence-corrected chi connectivity index (χ0v) is 11.7. The van der Waals surface area contributed by atoms with E-state index in [-0.39, 0.29) is 17.9 Å². The molecule has 0 saturated heterocycles. The fraction of sp³-hybridized carbons (Fsp3) is 0.600. The Morgan fingerprint density at radius 1 is 1.19 bits per heavy atom. The third-order valence-electron chi connectivity index (χ3n) is 3.68. The van der Waals surface area contributed by atoms with Gasteiger partial charge in [-0.05, 0) is 30.5 Å². The van der Waals surface area contributed by atoms with Crippen molar-refractivity contribution in [1.29, 1.82) is 0 Å². The summed E-state index contributed by atoms with van der Waals surface area (Å²) in [7, 11) is 0. The molecular weight excluding hydrogens is 283 g/mol. The number of ether oxygens (including phenoxy) is 1. The van der Waals surface area contributed by atoms with Gasteiger partial charge in [-0.2, -0.15) is 0 Å². The predicted molar refractivity (Wildman–Crippen MR) is 72.8 cm³/mol. The fourth-order valence-electron chi connectivity index (χ4n) is 2.63. The maximum atomic E-state index is 12.2. The highest BCUT2D eigenvalue weighted by Crippen LogP contribution is 2.24. The highest BCUT2D eigenvalue weighted by molar-refractivity contribution is 5.28. The lowest BCUT2D eigenvalue weighted by Gasteiger charge is -2.22. The Morgan fingerprint density at radius 2 is 1.95 bits per heavy atom. The maximum absolute atomic E-state index is 12.2. The van der Waals surface area contributed by atoms with Gasteiger partial charge < -0.3 is 15.2 Å². The van der Waals surface area contributed by atoms with E-state index in [1.54, 1.807) is 6.07 Å². The summed E-state index contributed by atoms with van der Waals surface area (Å²) >= 11 is 0. The van der Waals surface area contributed by atoms with Crippen molar-refractivity contribution in [3.8, 4) is 5.75 Å². The van der Waals surface area contributed by atoms with Crippen molar-refractivity contribution in [2.24, 2.45) is 0 Å². The first-order valence-electron chi connectivity index (χ1n) is 7.20. The summed E-state index contributed by atoms with van der Waals surface area (Å²) in [6.07, 6.45) is -0.204. The molecule has 0 radical (unpaired) electrons. The van der Waals surface area contributed by atoms with Gasteiger partial charge in [-0.3, -0.25) is 0 Å². The van der Waals surface area contributed by atoms with Crippen molar-refractivity contribution in [2.75, 3.05) is 0 Å². The maximum Gasteiger partial charge on any atom is 0.573 e. The molecule has 21 heavy (non-hydrogen) atoms. The summed E-state index contributed by atoms with van der Waals surface area (Å²) in [5.74, 6) is -0.219. The number of halogens is 3. The average Bonchev–Trinajstić information content (AvgIpc) is 2.59. The number of nitrogens with one attached hydrogen (secondary N) is 1. The van der Waals surface area contributed by atoms with Crippen LogP contribution in [0.4, 0.5) is 13.2 Å². The number of hydrogen-bond acceptors (Lipinski definition) is 3. The van der Waals surface area contributed by atoms with Gasteiger partial charge in [0.05, 0.1) is 6.10 Å². The molecule has 2 atom stereocenters. The molecule has 2 rings (SSSR count). The largest absolute Gasteiger partial charge is 0.573 e. The van der Waals surface area contributed by atoms with E-state index in [0.29, 0.717) is 12.1 Å². The van der Waals surface area contributed by atoms with Crippen molar-refractivity contribution >= 4 is 0 Å². The van der Waals surface area contributed by atoms with Crippen LogP contribution in [-0.4, -0.2) is 23.6 Å². The van der Waals surface area contributed by atoms with Gasteiger partial charge in [0.1, 0.15) is 5.75 Å². The molecule has 2 N–H and O–H groups in total. The Bertz CT molecular complexity index is 451. The molecule has 1 aliphatic rings. The van der Waals surface area contributed by atoms with E-state index in [4.69, 9.17) is 0 Å². The fourth-order valence-corrected chi connectivity index (χ4v) is 2.63. The van der Waals surface area contributed by atoms with Crippen molar-refractivity contribution in [2.45, 2.75) is 57.2 Å². The molecule has 1 aromatic carbocycles. The molecule has 0 aromatic heterocycles. The van der Waals surface area contributed by atoms with Crippen LogP contribution in [0, 0.1) is 0 Å². The summed E-state index contributed by atoms with van der Waals surface area (Å²) in [5, 5.41) is 13.2. The van der Waals surface area contributed by atoms with E-state index >= 15 is 0 Å². The highest BCUT2D eigenvalue weighted by Gasteiger charge is 2.31. The van der Waals surface area contributed by atoms with E-state index in [9.17, 15) is 18.3 Å². The Hall–Kier alpha value is -1.27. The van der Waals surface area contributed by atoms with Crippen LogP contribution in [0.2, 0.25) is 0 Å². The second kappa shape index (κ2) is 7.13. The van der Waals surface area contributed by atoms with Crippen LogP contribution in [0.15, 0.2) is 24.3 Å². The second-order valence-corrected chi connectivity index (χ2v) is 5.39. The molecule has 0 amide bonds. The molecule has 6 heteroatoms. The number of benzene rings is 1. The number of hydrogen-bond donors (Lipinski definition) is 2. The molecule has 3 nitrogen and oxygen atoms in total. The summed E-state index contributed by atoms with van der Waals surface area (Å²) in [5.41, 5.74) is 0.702. The third-order valence-corrected chi connectivity index (χ3v) is 3.68. The van der Waals surface area contributed by atoms with Crippen molar-refractivity contribution in [3.63, 3.8) is 0 Å². The Labute approximate surface area is 122 Å². The highest BCUT2D eigenvalue weighted by atomic mass is 19.4. The molecule has 118 valence electrons. The van der Waals surface area contributed by atoms with Crippen molar-refractivity contribution in [1.82, 2.24) is 5.32 Å². The Morgan fingerprint density at radius 3 is 2.71 bits per heavy atom. The van der Waals surface area contributed by atoms with E-state index in [2.05, 4.69) is 10.1 Å². The minimum Gasteiger partial charge on any atom is -0.406 e. The average molecular weight is 303 g/mol. The molecule has 1 fully saturated rings. The van der Waals surface area contributed by atoms with Crippen LogP contribution in [-0.2, 0) is 6.54 Å². The number of alkyl halides is 3. The minimum atomic E-state index is -4.68. The first kappa shape index (κ1) is 16.1. The van der Waals surface area contributed by atoms with Gasteiger partial charge in [-0.15, -0.1) is 13.2 Å². The van der Waals surface area contributed by atoms with Crippen LogP contribution in [0.5, 0.6) is 5.75 Å². The molecule has 0 bridgehead atoms. The van der Waals surface area contributed by atoms with Crippen LogP contribution < -0.4 is 10.1 Å². The van der Waals surface area contributed by atoms with E-state index < -0.39 is 6.36 Å². The number of aliphatic hydroxyl groups excluding tert-OH is 1. The standard InChI is InChI=1S/C15H20F3NO2/c16-15(17,18)21-12-6-4-5-11(9-12)10-19-13-7-2-1-3-8-14(13)20/h4-6,9,13-14,19-20H,1-3,7-8,10H2. The monoisotopic (exact) mass is 303 g/mol. The van der Waals surface area contributed by atoms with Crippen LogP contribution >= 0.6 is 0 Å². The lowest BCUT2D eigenvalue weighted by atomic mass is 10.1. The minimum absolute atomic E-state index is 0.000286. The van der Waals surface area contributed by atoms with Gasteiger partial charge in [0.25, 0.3) is 0 Å². The molecule has 2 unspecified atom stereocenters. The normalized spacial score (nSPS) is 23.6. The van der Waals surface area contributed by atoms with Gasteiger partial charge in [0.15, 0.2) is 0 Å². The quantitative estimate of drug-likeness (QED) is 0.838. The third kappa shape index (κ3) is 5.55. The Kier molecular flexibility index (Phi) is 5.47. The molecule has 1 aromatic rings. The molecule has 1 saturated carbocycles. The van der Waals surface area contributed by atoms with Crippen molar-refractivity contribution in [3.05, 3.63) is 29.8 Å².